The molecule has 0 aliphatic rings. The van der Waals surface area contributed by atoms with Crippen LogP contribution < -0.4 is 4.74 Å². The Bertz CT molecular complexity index is 629. The molecule has 0 radical (unpaired) electrons. The van der Waals surface area contributed by atoms with Crippen LogP contribution in [0.2, 0.25) is 0 Å². The molecule has 0 saturated heterocycles. The van der Waals surface area contributed by atoms with Gasteiger partial charge < -0.3 is 13.9 Å². The molecule has 5 nitrogen and oxygen atoms in total. The minimum atomic E-state index is 0.803. The molecule has 90 valence electrons. The molecular weight excluding hydrogens is 228 g/mol. The van der Waals surface area contributed by atoms with Gasteiger partial charge in [-0.05, 0) is 18.2 Å². The first kappa shape index (κ1) is 10.6. The van der Waals surface area contributed by atoms with E-state index >= 15 is 0 Å². The largest absolute Gasteiger partial charge is 0.495 e. The standard InChI is InChI=1S/C13H12N4O/c1-18-13-3-2-11(16-6-4-14-9-16)8-12(13)17-7-5-15-10-17/h2-10H,1H3. The molecule has 0 unspecified atom stereocenters. The van der Waals surface area contributed by atoms with E-state index in [1.54, 1.807) is 32.2 Å². The molecule has 5 heteroatoms. The van der Waals surface area contributed by atoms with Gasteiger partial charge in [-0.3, -0.25) is 0 Å². The van der Waals surface area contributed by atoms with Crippen LogP contribution in [0.15, 0.2) is 55.6 Å². The van der Waals surface area contributed by atoms with Crippen molar-refractivity contribution in [3.63, 3.8) is 0 Å². The number of nitrogens with zero attached hydrogens (tertiary/aromatic N) is 4. The van der Waals surface area contributed by atoms with E-state index in [1.807, 2.05) is 39.7 Å². The van der Waals surface area contributed by atoms with Crippen molar-refractivity contribution in [2.45, 2.75) is 0 Å². The molecule has 0 fully saturated rings. The molecule has 3 rings (SSSR count). The van der Waals surface area contributed by atoms with Crippen LogP contribution in [0.3, 0.4) is 0 Å². The number of hydrogen-bond donors (Lipinski definition) is 0. The van der Waals surface area contributed by atoms with Gasteiger partial charge in [-0.1, -0.05) is 0 Å². The molecule has 2 aromatic heterocycles. The van der Waals surface area contributed by atoms with Crippen LogP contribution in [0.4, 0.5) is 0 Å². The number of rotatable bonds is 3. The molecule has 0 aliphatic carbocycles. The summed E-state index contributed by atoms with van der Waals surface area (Å²) in [5.74, 6) is 0.803. The van der Waals surface area contributed by atoms with Crippen molar-refractivity contribution >= 4 is 0 Å². The molecule has 0 atom stereocenters. The predicted octanol–water partition coefficient (Wildman–Crippen LogP) is 2.07. The summed E-state index contributed by atoms with van der Waals surface area (Å²) in [5.41, 5.74) is 1.97. The first-order valence-electron chi connectivity index (χ1n) is 5.53. The number of benzene rings is 1. The number of ether oxygens (including phenoxy) is 1. The van der Waals surface area contributed by atoms with Crippen molar-refractivity contribution in [3.05, 3.63) is 55.6 Å². The third-order valence-electron chi connectivity index (χ3n) is 2.75. The minimum absolute atomic E-state index is 0.803. The average molecular weight is 240 g/mol. The minimum Gasteiger partial charge on any atom is -0.495 e. The van der Waals surface area contributed by atoms with E-state index in [4.69, 9.17) is 4.74 Å². The number of hydrogen-bond acceptors (Lipinski definition) is 3. The SMILES string of the molecule is COc1ccc(-n2ccnc2)cc1-n1ccnc1. The van der Waals surface area contributed by atoms with Crippen LogP contribution in [0.5, 0.6) is 5.75 Å². The molecule has 2 heterocycles. The first-order chi connectivity index (χ1) is 8.88. The zero-order valence-electron chi connectivity index (χ0n) is 9.89. The van der Waals surface area contributed by atoms with E-state index in [9.17, 15) is 0 Å². The van der Waals surface area contributed by atoms with Gasteiger partial charge in [-0.15, -0.1) is 0 Å². The summed E-state index contributed by atoms with van der Waals surface area (Å²) in [7, 11) is 1.66. The second-order valence-electron chi connectivity index (χ2n) is 3.80. The molecular formula is C13H12N4O. The van der Waals surface area contributed by atoms with Crippen LogP contribution in [0, 0.1) is 0 Å². The van der Waals surface area contributed by atoms with E-state index < -0.39 is 0 Å². The summed E-state index contributed by atoms with van der Waals surface area (Å²) < 4.78 is 9.23. The van der Waals surface area contributed by atoms with E-state index in [-0.39, 0.29) is 0 Å². The summed E-state index contributed by atoms with van der Waals surface area (Å²) in [6, 6.07) is 5.95. The Hall–Kier alpha value is -2.56. The lowest BCUT2D eigenvalue weighted by Gasteiger charge is -2.11. The van der Waals surface area contributed by atoms with E-state index in [2.05, 4.69) is 9.97 Å². The Morgan fingerprint density at radius 3 is 2.33 bits per heavy atom. The number of aromatic nitrogens is 4. The van der Waals surface area contributed by atoms with Gasteiger partial charge in [0.2, 0.25) is 0 Å². The first-order valence-corrected chi connectivity index (χ1v) is 5.53. The molecule has 3 aromatic rings. The maximum Gasteiger partial charge on any atom is 0.143 e. The third kappa shape index (κ3) is 1.75. The molecule has 0 saturated carbocycles. The van der Waals surface area contributed by atoms with Crippen LogP contribution in [-0.4, -0.2) is 26.2 Å². The van der Waals surface area contributed by atoms with Crippen molar-refractivity contribution in [3.8, 4) is 17.1 Å². The summed E-state index contributed by atoms with van der Waals surface area (Å²) in [4.78, 5) is 8.10. The van der Waals surface area contributed by atoms with Gasteiger partial charge in [-0.25, -0.2) is 9.97 Å². The molecule has 0 amide bonds. The van der Waals surface area contributed by atoms with Gasteiger partial charge in [0, 0.05) is 30.5 Å². The molecule has 0 bridgehead atoms. The van der Waals surface area contributed by atoms with E-state index in [0.717, 1.165) is 17.1 Å². The van der Waals surface area contributed by atoms with Crippen molar-refractivity contribution in [2.24, 2.45) is 0 Å². The smallest absolute Gasteiger partial charge is 0.143 e. The van der Waals surface area contributed by atoms with Crippen LogP contribution in [0.1, 0.15) is 0 Å². The predicted molar refractivity (Wildman–Crippen MR) is 67.2 cm³/mol. The Balaban J connectivity index is 2.14. The van der Waals surface area contributed by atoms with E-state index in [0.29, 0.717) is 0 Å². The molecule has 0 aliphatic heterocycles. The summed E-state index contributed by atoms with van der Waals surface area (Å²) in [5, 5.41) is 0. The highest BCUT2D eigenvalue weighted by Crippen LogP contribution is 2.25. The fraction of sp³-hybridized carbons (Fsp3) is 0.0769. The summed E-state index contributed by atoms with van der Waals surface area (Å²) in [6.45, 7) is 0. The quantitative estimate of drug-likeness (QED) is 0.704. The molecule has 0 spiro atoms. The lowest BCUT2D eigenvalue weighted by molar-refractivity contribution is 0.413. The Kier molecular flexibility index (Phi) is 2.57. The molecule has 0 N–H and O–H groups in total. The van der Waals surface area contributed by atoms with Crippen molar-refractivity contribution in [1.82, 2.24) is 19.1 Å². The fourth-order valence-electron chi connectivity index (χ4n) is 1.85. The van der Waals surface area contributed by atoms with Crippen LogP contribution >= 0.6 is 0 Å². The zero-order chi connectivity index (χ0) is 12.4. The topological polar surface area (TPSA) is 44.9 Å². The highest BCUT2D eigenvalue weighted by molar-refractivity contribution is 5.53. The summed E-state index contributed by atoms with van der Waals surface area (Å²) in [6.07, 6.45) is 10.8. The maximum atomic E-state index is 5.37. The second kappa shape index (κ2) is 4.37. The fourth-order valence-corrected chi connectivity index (χ4v) is 1.85. The van der Waals surface area contributed by atoms with Crippen LogP contribution in [0.25, 0.3) is 11.4 Å². The maximum absolute atomic E-state index is 5.37. The molecule has 1 aromatic carbocycles. The second-order valence-corrected chi connectivity index (χ2v) is 3.80. The lowest BCUT2D eigenvalue weighted by atomic mass is 10.2. The van der Waals surface area contributed by atoms with Gasteiger partial charge in [0.15, 0.2) is 0 Å². The normalized spacial score (nSPS) is 10.5. The van der Waals surface area contributed by atoms with Gasteiger partial charge >= 0.3 is 0 Å². The van der Waals surface area contributed by atoms with Crippen molar-refractivity contribution < 1.29 is 4.74 Å². The molecule has 18 heavy (non-hydrogen) atoms. The van der Waals surface area contributed by atoms with E-state index in [1.165, 1.54) is 0 Å². The van der Waals surface area contributed by atoms with Crippen molar-refractivity contribution in [1.29, 1.82) is 0 Å². The number of imidazole rings is 2. The summed E-state index contributed by atoms with van der Waals surface area (Å²) >= 11 is 0. The van der Waals surface area contributed by atoms with Crippen molar-refractivity contribution in [2.75, 3.05) is 7.11 Å². The van der Waals surface area contributed by atoms with Gasteiger partial charge in [0.1, 0.15) is 5.75 Å². The Morgan fingerprint density at radius 2 is 1.72 bits per heavy atom. The van der Waals surface area contributed by atoms with Gasteiger partial charge in [0.05, 0.1) is 25.5 Å². The highest BCUT2D eigenvalue weighted by Gasteiger charge is 2.07. The Morgan fingerprint density at radius 1 is 1.00 bits per heavy atom. The van der Waals surface area contributed by atoms with Gasteiger partial charge in [0.25, 0.3) is 0 Å². The monoisotopic (exact) mass is 240 g/mol. The Labute approximate surface area is 104 Å². The highest BCUT2D eigenvalue weighted by atomic mass is 16.5. The third-order valence-corrected chi connectivity index (χ3v) is 2.75. The van der Waals surface area contributed by atoms with Crippen LogP contribution in [-0.2, 0) is 0 Å². The zero-order valence-corrected chi connectivity index (χ0v) is 9.89. The van der Waals surface area contributed by atoms with Gasteiger partial charge in [-0.2, -0.15) is 0 Å². The average Bonchev–Trinajstić information content (AvgIpc) is 3.11. The number of methoxy groups -OCH3 is 1. The lowest BCUT2D eigenvalue weighted by Crippen LogP contribution is -1.98.